The monoisotopic (exact) mass is 431 g/mol. The van der Waals surface area contributed by atoms with Gasteiger partial charge in [-0.25, -0.2) is 9.97 Å². The number of hydrogen-bond acceptors (Lipinski definition) is 4. The summed E-state index contributed by atoms with van der Waals surface area (Å²) in [5.41, 5.74) is 2.17. The molecule has 2 aromatic heterocycles. The van der Waals surface area contributed by atoms with E-state index in [4.69, 9.17) is 23.2 Å². The first-order chi connectivity index (χ1) is 13.6. The molecule has 4 aromatic rings. The number of benzene rings is 2. The second kappa shape index (κ2) is 8.43. The zero-order chi connectivity index (χ0) is 19.5. The van der Waals surface area contributed by atoms with E-state index in [9.17, 15) is 4.39 Å². The summed E-state index contributed by atoms with van der Waals surface area (Å²) in [7, 11) is 0. The number of aryl methyl sites for hydroxylation is 1. The standard InChI is InChI=1S/C21H16Cl2FN3S/c22-17-6-3-13(8-18(17)23)2-1-7-25-21-27-12-19(28-21)14-4-5-15-11-26-20(24)10-16(15)9-14/h3-6,8-12H,1-2,7H2,(H,25,27). The third-order valence-electron chi connectivity index (χ3n) is 4.38. The van der Waals surface area contributed by atoms with Gasteiger partial charge in [0.25, 0.3) is 0 Å². The minimum absolute atomic E-state index is 0.474. The Hall–Kier alpha value is -2.21. The van der Waals surface area contributed by atoms with E-state index in [1.165, 1.54) is 6.07 Å². The summed E-state index contributed by atoms with van der Waals surface area (Å²) in [4.78, 5) is 9.16. The normalized spacial score (nSPS) is 11.1. The average molecular weight is 432 g/mol. The molecular weight excluding hydrogens is 416 g/mol. The first-order valence-corrected chi connectivity index (χ1v) is 10.3. The highest BCUT2D eigenvalue weighted by atomic mass is 35.5. The summed E-state index contributed by atoms with van der Waals surface area (Å²) >= 11 is 13.6. The second-order valence-electron chi connectivity index (χ2n) is 6.38. The molecule has 0 spiro atoms. The topological polar surface area (TPSA) is 37.8 Å². The zero-order valence-corrected chi connectivity index (χ0v) is 17.1. The summed E-state index contributed by atoms with van der Waals surface area (Å²) in [6, 6.07) is 13.1. The summed E-state index contributed by atoms with van der Waals surface area (Å²) in [5, 5.41) is 7.12. The van der Waals surface area contributed by atoms with E-state index in [0.29, 0.717) is 10.0 Å². The van der Waals surface area contributed by atoms with Crippen LogP contribution in [0.5, 0.6) is 0 Å². The van der Waals surface area contributed by atoms with E-state index >= 15 is 0 Å². The highest BCUT2D eigenvalue weighted by Gasteiger charge is 2.06. The number of thiazole rings is 1. The molecule has 0 atom stereocenters. The van der Waals surface area contributed by atoms with Gasteiger partial charge in [0.05, 0.1) is 14.9 Å². The second-order valence-corrected chi connectivity index (χ2v) is 8.22. The number of halogens is 3. The van der Waals surface area contributed by atoms with Crippen LogP contribution in [-0.4, -0.2) is 16.5 Å². The smallest absolute Gasteiger partial charge is 0.213 e. The van der Waals surface area contributed by atoms with Crippen LogP contribution in [0.25, 0.3) is 21.2 Å². The highest BCUT2D eigenvalue weighted by molar-refractivity contribution is 7.18. The molecule has 0 bridgehead atoms. The van der Waals surface area contributed by atoms with E-state index in [2.05, 4.69) is 15.3 Å². The minimum atomic E-state index is -0.474. The lowest BCUT2D eigenvalue weighted by Crippen LogP contribution is -2.02. The Labute approximate surface area is 176 Å². The van der Waals surface area contributed by atoms with Gasteiger partial charge in [-0.05, 0) is 47.6 Å². The molecule has 0 aliphatic carbocycles. The number of fused-ring (bicyclic) bond motifs is 1. The van der Waals surface area contributed by atoms with Crippen LogP contribution in [-0.2, 0) is 6.42 Å². The Morgan fingerprint density at radius 1 is 0.929 bits per heavy atom. The first kappa shape index (κ1) is 19.1. The zero-order valence-electron chi connectivity index (χ0n) is 14.8. The summed E-state index contributed by atoms with van der Waals surface area (Å²) < 4.78 is 13.4. The maximum atomic E-state index is 13.4. The highest BCUT2D eigenvalue weighted by Crippen LogP contribution is 2.31. The van der Waals surface area contributed by atoms with Crippen LogP contribution in [0.2, 0.25) is 10.0 Å². The largest absolute Gasteiger partial charge is 0.361 e. The molecule has 7 heteroatoms. The molecule has 0 saturated heterocycles. The fourth-order valence-electron chi connectivity index (χ4n) is 2.94. The predicted octanol–water partition coefficient (Wildman–Crippen LogP) is 6.85. The SMILES string of the molecule is Fc1cc2cc(-c3cnc(NCCCc4ccc(Cl)c(Cl)c4)s3)ccc2cn1. The lowest BCUT2D eigenvalue weighted by molar-refractivity contribution is 0.586. The Bertz CT molecular complexity index is 1130. The van der Waals surface area contributed by atoms with Gasteiger partial charge in [0.2, 0.25) is 5.95 Å². The number of anilines is 1. The molecule has 142 valence electrons. The third-order valence-corrected chi connectivity index (χ3v) is 6.12. The minimum Gasteiger partial charge on any atom is -0.361 e. The van der Waals surface area contributed by atoms with Gasteiger partial charge in [-0.2, -0.15) is 4.39 Å². The Kier molecular flexibility index (Phi) is 5.76. The molecule has 4 rings (SSSR count). The van der Waals surface area contributed by atoms with Crippen molar-refractivity contribution in [3.05, 3.63) is 76.4 Å². The molecule has 0 saturated carbocycles. The summed E-state index contributed by atoms with van der Waals surface area (Å²) in [5.74, 6) is -0.474. The molecule has 28 heavy (non-hydrogen) atoms. The molecule has 0 aliphatic rings. The number of nitrogens with zero attached hydrogens (tertiary/aromatic N) is 2. The van der Waals surface area contributed by atoms with Crippen LogP contribution in [0.3, 0.4) is 0 Å². The van der Waals surface area contributed by atoms with Crippen molar-refractivity contribution in [1.82, 2.24) is 9.97 Å². The molecule has 2 aromatic carbocycles. The Morgan fingerprint density at radius 3 is 2.68 bits per heavy atom. The van der Waals surface area contributed by atoms with E-state index in [-0.39, 0.29) is 0 Å². The van der Waals surface area contributed by atoms with Crippen LogP contribution >= 0.6 is 34.5 Å². The van der Waals surface area contributed by atoms with Crippen LogP contribution in [0.15, 0.2) is 54.9 Å². The van der Waals surface area contributed by atoms with Gasteiger partial charge < -0.3 is 5.32 Å². The molecule has 0 amide bonds. The van der Waals surface area contributed by atoms with Crippen LogP contribution in [0.1, 0.15) is 12.0 Å². The van der Waals surface area contributed by atoms with Gasteiger partial charge in [0.15, 0.2) is 5.13 Å². The van der Waals surface area contributed by atoms with Crippen molar-refractivity contribution in [1.29, 1.82) is 0 Å². The first-order valence-electron chi connectivity index (χ1n) is 8.78. The molecule has 0 unspecified atom stereocenters. The van der Waals surface area contributed by atoms with E-state index < -0.39 is 5.95 Å². The Morgan fingerprint density at radius 2 is 1.82 bits per heavy atom. The van der Waals surface area contributed by atoms with Crippen LogP contribution in [0, 0.1) is 5.95 Å². The van der Waals surface area contributed by atoms with Crippen molar-refractivity contribution < 1.29 is 4.39 Å². The maximum Gasteiger partial charge on any atom is 0.213 e. The van der Waals surface area contributed by atoms with Crippen molar-refractivity contribution in [3.63, 3.8) is 0 Å². The number of rotatable bonds is 6. The van der Waals surface area contributed by atoms with Crippen molar-refractivity contribution in [3.8, 4) is 10.4 Å². The lowest BCUT2D eigenvalue weighted by Gasteiger charge is -2.04. The molecule has 0 radical (unpaired) electrons. The third kappa shape index (κ3) is 4.43. The van der Waals surface area contributed by atoms with Gasteiger partial charge in [0, 0.05) is 30.4 Å². The van der Waals surface area contributed by atoms with Gasteiger partial charge in [-0.15, -0.1) is 0 Å². The molecule has 0 fully saturated rings. The van der Waals surface area contributed by atoms with Crippen molar-refractivity contribution in [2.24, 2.45) is 0 Å². The summed E-state index contributed by atoms with van der Waals surface area (Å²) in [6.45, 7) is 0.807. The van der Waals surface area contributed by atoms with E-state index in [1.54, 1.807) is 17.5 Å². The number of nitrogens with one attached hydrogen (secondary N) is 1. The molecule has 0 aliphatic heterocycles. The Balaban J connectivity index is 1.37. The van der Waals surface area contributed by atoms with Crippen LogP contribution < -0.4 is 5.32 Å². The average Bonchev–Trinajstić information content (AvgIpc) is 3.16. The van der Waals surface area contributed by atoms with Gasteiger partial charge in [-0.3, -0.25) is 0 Å². The molecular formula is C21H16Cl2FN3S. The molecule has 1 N–H and O–H groups in total. The van der Waals surface area contributed by atoms with Gasteiger partial charge in [-0.1, -0.05) is 52.7 Å². The number of hydrogen-bond donors (Lipinski definition) is 1. The number of pyridine rings is 1. The van der Waals surface area contributed by atoms with Gasteiger partial charge >= 0.3 is 0 Å². The van der Waals surface area contributed by atoms with Crippen LogP contribution in [0.4, 0.5) is 9.52 Å². The fraction of sp³-hybridized carbons (Fsp3) is 0.143. The molecule has 2 heterocycles. The van der Waals surface area contributed by atoms with Gasteiger partial charge in [0.1, 0.15) is 0 Å². The number of aromatic nitrogens is 2. The fourth-order valence-corrected chi connectivity index (χ4v) is 4.10. The predicted molar refractivity (Wildman–Crippen MR) is 116 cm³/mol. The van der Waals surface area contributed by atoms with Crippen molar-refractivity contribution in [2.75, 3.05) is 11.9 Å². The lowest BCUT2D eigenvalue weighted by atomic mass is 10.1. The summed E-state index contributed by atoms with van der Waals surface area (Å²) in [6.07, 6.45) is 5.24. The van der Waals surface area contributed by atoms with Crippen molar-refractivity contribution >= 4 is 50.4 Å². The maximum absolute atomic E-state index is 13.4. The van der Waals surface area contributed by atoms with E-state index in [1.807, 2.05) is 42.6 Å². The van der Waals surface area contributed by atoms with Crippen molar-refractivity contribution in [2.45, 2.75) is 12.8 Å². The molecule has 3 nitrogen and oxygen atoms in total. The van der Waals surface area contributed by atoms with E-state index in [0.717, 1.165) is 51.3 Å². The quantitative estimate of drug-likeness (QED) is 0.268.